The van der Waals surface area contributed by atoms with Gasteiger partial charge in [0.25, 0.3) is 0 Å². The van der Waals surface area contributed by atoms with Crippen molar-refractivity contribution in [1.82, 2.24) is 20.2 Å². The summed E-state index contributed by atoms with van der Waals surface area (Å²) in [6, 6.07) is 1.72. The molecule has 1 saturated carbocycles. The lowest BCUT2D eigenvalue weighted by Crippen LogP contribution is -2.55. The summed E-state index contributed by atoms with van der Waals surface area (Å²) < 4.78 is 0. The van der Waals surface area contributed by atoms with E-state index in [1.807, 2.05) is 43.8 Å². The number of nitrogens with one attached hydrogen (secondary N) is 2. The van der Waals surface area contributed by atoms with Gasteiger partial charge in [0.2, 0.25) is 5.95 Å². The lowest BCUT2D eigenvalue weighted by Gasteiger charge is -2.42. The molecule has 1 aliphatic rings. The SMILES string of the molecule is CCN(CC(=O)O)C1CC(NC(=O)Nc2nc(C)cc(N(C)C)n2)C1. The van der Waals surface area contributed by atoms with Crippen molar-refractivity contribution >= 4 is 23.8 Å². The molecule has 1 heterocycles. The number of carboxylic acid groups (broad SMARTS) is 1. The van der Waals surface area contributed by atoms with E-state index >= 15 is 0 Å². The zero-order chi connectivity index (χ0) is 18.6. The van der Waals surface area contributed by atoms with Gasteiger partial charge in [0, 0.05) is 37.9 Å². The lowest BCUT2D eigenvalue weighted by molar-refractivity contribution is -0.139. The van der Waals surface area contributed by atoms with E-state index in [0.29, 0.717) is 6.54 Å². The Hall–Kier alpha value is -2.42. The fourth-order valence-electron chi connectivity index (χ4n) is 2.84. The minimum atomic E-state index is -0.829. The summed E-state index contributed by atoms with van der Waals surface area (Å²) >= 11 is 0. The summed E-state index contributed by atoms with van der Waals surface area (Å²) in [5, 5.41) is 14.4. The number of carboxylic acids is 1. The van der Waals surface area contributed by atoms with Crippen molar-refractivity contribution in [1.29, 1.82) is 0 Å². The minimum absolute atomic E-state index is 0.0323. The molecule has 9 heteroatoms. The van der Waals surface area contributed by atoms with Gasteiger partial charge < -0.3 is 15.3 Å². The number of aliphatic carboxylic acids is 1. The number of aromatic nitrogens is 2. The molecule has 9 nitrogen and oxygen atoms in total. The molecular formula is C16H26N6O3. The van der Waals surface area contributed by atoms with E-state index in [1.165, 1.54) is 0 Å². The van der Waals surface area contributed by atoms with Crippen molar-refractivity contribution < 1.29 is 14.7 Å². The first kappa shape index (κ1) is 18.9. The van der Waals surface area contributed by atoms with Crippen LogP contribution in [0.2, 0.25) is 0 Å². The van der Waals surface area contributed by atoms with Crippen LogP contribution < -0.4 is 15.5 Å². The highest BCUT2D eigenvalue weighted by Crippen LogP contribution is 2.25. The topological polar surface area (TPSA) is 111 Å². The van der Waals surface area contributed by atoms with Crippen molar-refractivity contribution in [3.63, 3.8) is 0 Å². The first-order chi connectivity index (χ1) is 11.8. The maximum absolute atomic E-state index is 12.1. The van der Waals surface area contributed by atoms with Crippen LogP contribution in [-0.2, 0) is 4.79 Å². The van der Waals surface area contributed by atoms with Gasteiger partial charge in [-0.15, -0.1) is 0 Å². The van der Waals surface area contributed by atoms with Crippen LogP contribution in [0.1, 0.15) is 25.5 Å². The van der Waals surface area contributed by atoms with E-state index in [-0.39, 0.29) is 30.6 Å². The van der Waals surface area contributed by atoms with Crippen LogP contribution in [0.4, 0.5) is 16.6 Å². The van der Waals surface area contributed by atoms with Crippen LogP contribution in [0.3, 0.4) is 0 Å². The van der Waals surface area contributed by atoms with Crippen LogP contribution in [0.15, 0.2) is 6.07 Å². The van der Waals surface area contributed by atoms with Crippen LogP contribution in [0.25, 0.3) is 0 Å². The van der Waals surface area contributed by atoms with Crippen LogP contribution >= 0.6 is 0 Å². The fraction of sp³-hybridized carbons (Fsp3) is 0.625. The molecule has 0 spiro atoms. The molecule has 2 amide bonds. The number of nitrogens with zero attached hydrogens (tertiary/aromatic N) is 4. The zero-order valence-electron chi connectivity index (χ0n) is 15.1. The third-order valence-electron chi connectivity index (χ3n) is 4.23. The number of carbonyl (C=O) groups excluding carboxylic acids is 1. The third kappa shape index (κ3) is 5.28. The summed E-state index contributed by atoms with van der Waals surface area (Å²) in [6.45, 7) is 4.49. The molecule has 25 heavy (non-hydrogen) atoms. The summed E-state index contributed by atoms with van der Waals surface area (Å²) in [6.07, 6.45) is 1.48. The molecule has 3 N–H and O–H groups in total. The molecule has 0 aliphatic heterocycles. The van der Waals surface area contributed by atoms with E-state index in [4.69, 9.17) is 5.11 Å². The Morgan fingerprint density at radius 2 is 2.00 bits per heavy atom. The first-order valence-electron chi connectivity index (χ1n) is 8.34. The van der Waals surface area contributed by atoms with Crippen LogP contribution in [0, 0.1) is 6.92 Å². The average Bonchev–Trinajstić information content (AvgIpc) is 2.47. The van der Waals surface area contributed by atoms with E-state index in [2.05, 4.69) is 20.6 Å². The number of carbonyl (C=O) groups is 2. The van der Waals surface area contributed by atoms with Gasteiger partial charge in [0.05, 0.1) is 6.54 Å². The minimum Gasteiger partial charge on any atom is -0.480 e. The van der Waals surface area contributed by atoms with Gasteiger partial charge in [-0.2, -0.15) is 4.98 Å². The third-order valence-corrected chi connectivity index (χ3v) is 4.23. The summed E-state index contributed by atoms with van der Waals surface area (Å²) in [5.74, 6) is 0.154. The number of anilines is 2. The number of amides is 2. The first-order valence-corrected chi connectivity index (χ1v) is 8.34. The molecule has 0 atom stereocenters. The number of aryl methyl sites for hydroxylation is 1. The average molecular weight is 350 g/mol. The second-order valence-electron chi connectivity index (χ2n) is 6.46. The standard InChI is InChI=1S/C16H26N6O3/c1-5-22(9-14(23)24)12-7-11(8-12)18-16(25)20-15-17-10(2)6-13(19-15)21(3)4/h6,11-12H,5,7-9H2,1-4H3,(H,23,24)(H2,17,18,19,20,25). The van der Waals surface area contributed by atoms with E-state index < -0.39 is 5.97 Å². The van der Waals surface area contributed by atoms with Crippen LogP contribution in [-0.4, -0.2) is 71.2 Å². The molecule has 1 fully saturated rings. The van der Waals surface area contributed by atoms with Crippen molar-refractivity contribution in [2.24, 2.45) is 0 Å². The van der Waals surface area contributed by atoms with Gasteiger partial charge in [0.15, 0.2) is 0 Å². The summed E-state index contributed by atoms with van der Waals surface area (Å²) in [7, 11) is 3.74. The summed E-state index contributed by atoms with van der Waals surface area (Å²) in [5.41, 5.74) is 0.768. The van der Waals surface area contributed by atoms with E-state index in [9.17, 15) is 9.59 Å². The van der Waals surface area contributed by atoms with E-state index in [1.54, 1.807) is 0 Å². The Morgan fingerprint density at radius 3 is 2.56 bits per heavy atom. The monoisotopic (exact) mass is 350 g/mol. The fourth-order valence-corrected chi connectivity index (χ4v) is 2.84. The molecule has 0 bridgehead atoms. The Balaban J connectivity index is 1.83. The number of hydrogen-bond donors (Lipinski definition) is 3. The highest BCUT2D eigenvalue weighted by molar-refractivity contribution is 5.87. The normalized spacial score (nSPS) is 19.2. The quantitative estimate of drug-likeness (QED) is 0.670. The Labute approximate surface area is 147 Å². The Kier molecular flexibility index (Phi) is 6.13. The largest absolute Gasteiger partial charge is 0.480 e. The number of hydrogen-bond acceptors (Lipinski definition) is 6. The molecule has 1 aromatic heterocycles. The van der Waals surface area contributed by atoms with Gasteiger partial charge in [-0.05, 0) is 26.3 Å². The van der Waals surface area contributed by atoms with Crippen LogP contribution in [0.5, 0.6) is 0 Å². The molecule has 2 rings (SSSR count). The van der Waals surface area contributed by atoms with Crippen molar-refractivity contribution in [3.8, 4) is 0 Å². The summed E-state index contributed by atoms with van der Waals surface area (Å²) in [4.78, 5) is 35.2. The number of rotatable bonds is 7. The highest BCUT2D eigenvalue weighted by atomic mass is 16.4. The van der Waals surface area contributed by atoms with E-state index in [0.717, 1.165) is 24.4 Å². The Morgan fingerprint density at radius 1 is 1.32 bits per heavy atom. The molecule has 0 radical (unpaired) electrons. The highest BCUT2D eigenvalue weighted by Gasteiger charge is 2.34. The maximum atomic E-state index is 12.1. The van der Waals surface area contributed by atoms with Gasteiger partial charge in [0.1, 0.15) is 5.82 Å². The molecule has 1 aliphatic carbocycles. The number of likely N-dealkylation sites (N-methyl/N-ethyl adjacent to an activating group) is 1. The Bertz CT molecular complexity index is 630. The van der Waals surface area contributed by atoms with Crippen molar-refractivity contribution in [2.75, 3.05) is 37.4 Å². The molecule has 0 saturated heterocycles. The smallest absolute Gasteiger partial charge is 0.321 e. The molecule has 0 unspecified atom stereocenters. The van der Waals surface area contributed by atoms with Gasteiger partial charge in [-0.25, -0.2) is 9.78 Å². The van der Waals surface area contributed by atoms with Gasteiger partial charge >= 0.3 is 12.0 Å². The van der Waals surface area contributed by atoms with Gasteiger partial charge in [-0.1, -0.05) is 6.92 Å². The number of urea groups is 1. The lowest BCUT2D eigenvalue weighted by atomic mass is 9.85. The second-order valence-corrected chi connectivity index (χ2v) is 6.46. The second kappa shape index (κ2) is 8.11. The maximum Gasteiger partial charge on any atom is 0.321 e. The molecule has 0 aromatic carbocycles. The molecular weight excluding hydrogens is 324 g/mol. The van der Waals surface area contributed by atoms with Crippen molar-refractivity contribution in [2.45, 2.75) is 38.8 Å². The predicted octanol–water partition coefficient (Wildman–Crippen LogP) is 0.910. The molecule has 1 aromatic rings. The van der Waals surface area contributed by atoms with Crippen molar-refractivity contribution in [3.05, 3.63) is 11.8 Å². The zero-order valence-corrected chi connectivity index (χ0v) is 15.1. The molecule has 138 valence electrons. The van der Waals surface area contributed by atoms with Gasteiger partial charge in [-0.3, -0.25) is 15.0 Å². The predicted molar refractivity (Wildman–Crippen MR) is 94.9 cm³/mol.